The molecule has 2 nitrogen and oxygen atoms in total. The van der Waals surface area contributed by atoms with Crippen LogP contribution in [0.4, 0.5) is 11.4 Å². The van der Waals surface area contributed by atoms with Crippen molar-refractivity contribution < 1.29 is 0 Å². The lowest BCUT2D eigenvalue weighted by atomic mass is 9.77. The topological polar surface area (TPSA) is 15.3 Å². The molecule has 2 aromatic rings. The molecule has 3 heteroatoms. The van der Waals surface area contributed by atoms with Crippen molar-refractivity contribution in [1.29, 1.82) is 0 Å². The highest BCUT2D eigenvalue weighted by Gasteiger charge is 2.38. The van der Waals surface area contributed by atoms with Crippen molar-refractivity contribution in [1.82, 2.24) is 0 Å². The molecule has 0 amide bonds. The summed E-state index contributed by atoms with van der Waals surface area (Å²) in [6.07, 6.45) is 5.82. The normalized spacial score (nSPS) is 23.7. The number of nitrogens with one attached hydrogen (secondary N) is 1. The number of nitrogens with zero attached hydrogens (tertiary/aromatic N) is 1. The lowest BCUT2D eigenvalue weighted by Gasteiger charge is -2.38. The zero-order valence-corrected chi connectivity index (χ0v) is 15.6. The number of anilines is 2. The second kappa shape index (κ2) is 6.76. The minimum Gasteiger partial charge on any atom is -0.378 e. The van der Waals surface area contributed by atoms with Gasteiger partial charge < -0.3 is 10.2 Å². The van der Waals surface area contributed by atoms with Crippen molar-refractivity contribution in [3.63, 3.8) is 0 Å². The Balaban J connectivity index is 1.75. The first-order valence-electron chi connectivity index (χ1n) is 9.29. The molecule has 2 aromatic carbocycles. The van der Waals surface area contributed by atoms with E-state index in [9.17, 15) is 0 Å². The van der Waals surface area contributed by atoms with Crippen LogP contribution in [0.3, 0.4) is 0 Å². The number of hydrogen-bond acceptors (Lipinski definition) is 2. The highest BCUT2D eigenvalue weighted by atomic mass is 35.5. The van der Waals surface area contributed by atoms with Gasteiger partial charge in [0.15, 0.2) is 0 Å². The van der Waals surface area contributed by atoms with Crippen LogP contribution in [-0.2, 0) is 0 Å². The maximum absolute atomic E-state index is 6.51. The van der Waals surface area contributed by atoms with Crippen LogP contribution in [0.1, 0.15) is 43.4 Å². The number of allylic oxidation sites excluding steroid dienone is 2. The average Bonchev–Trinajstić information content (AvgIpc) is 3.13. The van der Waals surface area contributed by atoms with E-state index in [4.69, 9.17) is 11.6 Å². The molecule has 0 bridgehead atoms. The smallest absolute Gasteiger partial charge is 0.0568 e. The number of fused-ring (bicyclic) bond motifs is 3. The molecule has 4 rings (SSSR count). The molecule has 3 atom stereocenters. The minimum atomic E-state index is 0.264. The third kappa shape index (κ3) is 2.83. The van der Waals surface area contributed by atoms with Gasteiger partial charge in [-0.25, -0.2) is 0 Å². The van der Waals surface area contributed by atoms with Crippen LogP contribution in [0, 0.1) is 5.92 Å². The van der Waals surface area contributed by atoms with Crippen LogP contribution in [0.2, 0.25) is 5.02 Å². The fourth-order valence-corrected chi connectivity index (χ4v) is 4.66. The van der Waals surface area contributed by atoms with E-state index >= 15 is 0 Å². The lowest BCUT2D eigenvalue weighted by molar-refractivity contribution is 0.425. The van der Waals surface area contributed by atoms with Gasteiger partial charge in [0.25, 0.3) is 0 Å². The Morgan fingerprint density at radius 1 is 1.08 bits per heavy atom. The standard InChI is InChI=1S/C22H25ClN2/c1-3-25(4-2)15-12-13-21-19(14-15)16-9-7-10-17(16)22(24-21)18-8-5-6-11-20(18)23/h5-9,11-14,16-17,22,24H,3-4,10H2,1-2H3. The molecule has 25 heavy (non-hydrogen) atoms. The molecule has 0 aromatic heterocycles. The molecule has 0 saturated carbocycles. The van der Waals surface area contributed by atoms with E-state index in [2.05, 4.69) is 66.5 Å². The molecule has 2 aliphatic rings. The molecule has 0 radical (unpaired) electrons. The summed E-state index contributed by atoms with van der Waals surface area (Å²) in [5, 5.41) is 4.64. The molecule has 0 saturated heterocycles. The zero-order valence-electron chi connectivity index (χ0n) is 14.9. The molecule has 1 heterocycles. The van der Waals surface area contributed by atoms with Gasteiger partial charge in [0.05, 0.1) is 6.04 Å². The van der Waals surface area contributed by atoms with Gasteiger partial charge in [-0.05, 0) is 61.6 Å². The van der Waals surface area contributed by atoms with Crippen molar-refractivity contribution in [3.8, 4) is 0 Å². The van der Waals surface area contributed by atoms with E-state index in [1.807, 2.05) is 12.1 Å². The van der Waals surface area contributed by atoms with E-state index in [0.717, 1.165) is 24.5 Å². The van der Waals surface area contributed by atoms with E-state index in [1.165, 1.54) is 22.5 Å². The highest BCUT2D eigenvalue weighted by Crippen LogP contribution is 2.51. The van der Waals surface area contributed by atoms with E-state index in [0.29, 0.717) is 11.8 Å². The van der Waals surface area contributed by atoms with E-state index < -0.39 is 0 Å². The molecule has 1 aliphatic carbocycles. The van der Waals surface area contributed by atoms with Crippen molar-refractivity contribution in [2.45, 2.75) is 32.2 Å². The van der Waals surface area contributed by atoms with Gasteiger partial charge in [-0.2, -0.15) is 0 Å². The molecule has 130 valence electrons. The van der Waals surface area contributed by atoms with Crippen LogP contribution in [0.5, 0.6) is 0 Å². The number of rotatable bonds is 4. The summed E-state index contributed by atoms with van der Waals surface area (Å²) in [5.74, 6) is 0.993. The lowest BCUT2D eigenvalue weighted by Crippen LogP contribution is -2.30. The summed E-state index contributed by atoms with van der Waals surface area (Å²) >= 11 is 6.51. The predicted octanol–water partition coefficient (Wildman–Crippen LogP) is 6.01. The van der Waals surface area contributed by atoms with Gasteiger partial charge >= 0.3 is 0 Å². The maximum Gasteiger partial charge on any atom is 0.0568 e. The Labute approximate surface area is 155 Å². The van der Waals surface area contributed by atoms with Crippen molar-refractivity contribution >= 4 is 23.0 Å². The molecule has 0 fully saturated rings. The fourth-order valence-electron chi connectivity index (χ4n) is 4.40. The number of hydrogen-bond donors (Lipinski definition) is 1. The average molecular weight is 353 g/mol. The molecule has 3 unspecified atom stereocenters. The van der Waals surface area contributed by atoms with Gasteiger partial charge in [-0.1, -0.05) is 42.0 Å². The summed E-state index contributed by atoms with van der Waals surface area (Å²) in [6, 6.07) is 15.4. The first-order valence-corrected chi connectivity index (χ1v) is 9.67. The van der Waals surface area contributed by atoms with Gasteiger partial charge in [0.1, 0.15) is 0 Å². The first kappa shape index (κ1) is 16.5. The summed E-state index contributed by atoms with van der Waals surface area (Å²) < 4.78 is 0. The Morgan fingerprint density at radius 3 is 2.64 bits per heavy atom. The van der Waals surface area contributed by atoms with Crippen molar-refractivity contribution in [2.24, 2.45) is 5.92 Å². The number of benzene rings is 2. The third-order valence-electron chi connectivity index (χ3n) is 5.72. The monoisotopic (exact) mass is 352 g/mol. The summed E-state index contributed by atoms with van der Waals surface area (Å²) in [5.41, 5.74) is 5.20. The van der Waals surface area contributed by atoms with Gasteiger partial charge in [-0.15, -0.1) is 0 Å². The molecular formula is C22H25ClN2. The van der Waals surface area contributed by atoms with Gasteiger partial charge in [-0.3, -0.25) is 0 Å². The van der Waals surface area contributed by atoms with Crippen molar-refractivity contribution in [3.05, 3.63) is 70.8 Å². The SMILES string of the molecule is CCN(CC)c1ccc2c(c1)C1C=CCC1C(c1ccccc1Cl)N2. The Hall–Kier alpha value is -1.93. The van der Waals surface area contributed by atoms with Crippen LogP contribution >= 0.6 is 11.6 Å². The predicted molar refractivity (Wildman–Crippen MR) is 108 cm³/mol. The largest absolute Gasteiger partial charge is 0.378 e. The second-order valence-electron chi connectivity index (χ2n) is 6.94. The maximum atomic E-state index is 6.51. The third-order valence-corrected chi connectivity index (χ3v) is 6.06. The van der Waals surface area contributed by atoms with E-state index in [-0.39, 0.29) is 6.04 Å². The second-order valence-corrected chi connectivity index (χ2v) is 7.35. The van der Waals surface area contributed by atoms with Crippen LogP contribution in [0.15, 0.2) is 54.6 Å². The van der Waals surface area contributed by atoms with Crippen LogP contribution in [0.25, 0.3) is 0 Å². The summed E-state index contributed by atoms with van der Waals surface area (Å²) in [7, 11) is 0. The van der Waals surface area contributed by atoms with Gasteiger partial charge in [0.2, 0.25) is 0 Å². The number of halogens is 1. The molecule has 1 N–H and O–H groups in total. The molecular weight excluding hydrogens is 328 g/mol. The first-order chi connectivity index (χ1) is 12.2. The summed E-state index contributed by atoms with van der Waals surface area (Å²) in [4.78, 5) is 2.41. The molecule has 0 spiro atoms. The molecule has 1 aliphatic heterocycles. The highest BCUT2D eigenvalue weighted by molar-refractivity contribution is 6.31. The Kier molecular flexibility index (Phi) is 4.47. The quantitative estimate of drug-likeness (QED) is 0.677. The zero-order chi connectivity index (χ0) is 17.4. The minimum absolute atomic E-state index is 0.264. The van der Waals surface area contributed by atoms with E-state index in [1.54, 1.807) is 0 Å². The Bertz CT molecular complexity index is 794. The van der Waals surface area contributed by atoms with Crippen molar-refractivity contribution in [2.75, 3.05) is 23.3 Å². The van der Waals surface area contributed by atoms with Crippen LogP contribution < -0.4 is 10.2 Å². The Morgan fingerprint density at radius 2 is 1.88 bits per heavy atom. The summed E-state index contributed by atoms with van der Waals surface area (Å²) in [6.45, 7) is 6.50. The van der Waals surface area contributed by atoms with Crippen LogP contribution in [-0.4, -0.2) is 13.1 Å². The van der Waals surface area contributed by atoms with Gasteiger partial charge in [0, 0.05) is 35.4 Å². The fraction of sp³-hybridized carbons (Fsp3) is 0.364.